The molecule has 2 rings (SSSR count). The van der Waals surface area contributed by atoms with Crippen molar-refractivity contribution in [1.29, 1.82) is 0 Å². The van der Waals surface area contributed by atoms with Crippen molar-refractivity contribution in [2.75, 3.05) is 19.8 Å². The molecule has 79 heavy (non-hydrogen) atoms. The van der Waals surface area contributed by atoms with E-state index < -0.39 is 86.8 Å². The predicted octanol–water partition coefficient (Wildman–Crippen LogP) is 11.7. The number of aliphatic hydroxyl groups is 8. The monoisotopic (exact) mass is 1120 g/mol. The molecular formula is C65H117NO13. The summed E-state index contributed by atoms with van der Waals surface area (Å²) in [7, 11) is 0. The number of carbonyl (C=O) groups is 1. The molecule has 12 unspecified atom stereocenters. The topological polar surface area (TPSA) is 228 Å². The zero-order valence-electron chi connectivity index (χ0n) is 49.6. The molecule has 2 fully saturated rings. The van der Waals surface area contributed by atoms with Crippen LogP contribution in [0.3, 0.4) is 0 Å². The molecule has 2 saturated heterocycles. The average Bonchev–Trinajstić information content (AvgIpc) is 3.49. The standard InChI is InChI=1S/C65H117NO13/c1-3-5-7-9-11-13-15-17-18-19-20-21-22-23-24-25-26-27-28-29-30-31-32-33-34-35-36-37-39-41-43-45-47-49-57(70)66-53(54(69)48-46-44-42-40-38-16-14-12-10-8-6-4-2)52-76-64-62(75)60(73)63(56(51-68)78-64)79-65-61(74)59(72)58(71)55(50-67)77-65/h5,7,11,13,17-18,20-21,46,48,53-56,58-65,67-69,71-75H,3-4,6,8-10,12,14-16,19,22-45,47,49-52H2,1-2H3,(H,66,70)/b7-5-,13-11-,18-17-,21-20-,48-46+. The van der Waals surface area contributed by atoms with E-state index in [1.54, 1.807) is 6.08 Å². The Morgan fingerprint density at radius 1 is 0.468 bits per heavy atom. The summed E-state index contributed by atoms with van der Waals surface area (Å²) >= 11 is 0. The zero-order chi connectivity index (χ0) is 57.4. The van der Waals surface area contributed by atoms with Crippen LogP contribution in [0.1, 0.15) is 251 Å². The lowest BCUT2D eigenvalue weighted by molar-refractivity contribution is -0.359. The molecule has 14 nitrogen and oxygen atoms in total. The van der Waals surface area contributed by atoms with Gasteiger partial charge in [0.05, 0.1) is 32.0 Å². The minimum Gasteiger partial charge on any atom is -0.394 e. The third-order valence-corrected chi connectivity index (χ3v) is 15.5. The Kier molecular flexibility index (Phi) is 46.3. The third-order valence-electron chi connectivity index (χ3n) is 15.5. The molecule has 14 heteroatoms. The van der Waals surface area contributed by atoms with Crippen molar-refractivity contribution in [2.24, 2.45) is 0 Å². The molecule has 0 saturated carbocycles. The number of carbonyl (C=O) groups excluding carboxylic acids is 1. The van der Waals surface area contributed by atoms with Crippen molar-refractivity contribution in [2.45, 2.75) is 325 Å². The van der Waals surface area contributed by atoms with E-state index in [1.807, 2.05) is 6.08 Å². The van der Waals surface area contributed by atoms with Gasteiger partial charge in [-0.3, -0.25) is 4.79 Å². The molecule has 0 spiro atoms. The van der Waals surface area contributed by atoms with E-state index in [9.17, 15) is 45.6 Å². The summed E-state index contributed by atoms with van der Waals surface area (Å²) in [4.78, 5) is 13.3. The predicted molar refractivity (Wildman–Crippen MR) is 318 cm³/mol. The molecule has 12 atom stereocenters. The molecule has 9 N–H and O–H groups in total. The van der Waals surface area contributed by atoms with Crippen LogP contribution < -0.4 is 5.32 Å². The van der Waals surface area contributed by atoms with Crippen LogP contribution in [-0.2, 0) is 23.7 Å². The molecule has 2 heterocycles. The maximum absolute atomic E-state index is 13.3. The lowest BCUT2D eigenvalue weighted by Gasteiger charge is -2.46. The summed E-state index contributed by atoms with van der Waals surface area (Å²) in [6.45, 7) is 2.68. The van der Waals surface area contributed by atoms with E-state index in [-0.39, 0.29) is 18.9 Å². The summed E-state index contributed by atoms with van der Waals surface area (Å²) < 4.78 is 22.8. The summed E-state index contributed by atoms with van der Waals surface area (Å²) in [6, 6.07) is -0.913. The van der Waals surface area contributed by atoms with E-state index >= 15 is 0 Å². The Morgan fingerprint density at radius 3 is 1.34 bits per heavy atom. The van der Waals surface area contributed by atoms with Crippen molar-refractivity contribution in [3.63, 3.8) is 0 Å². The van der Waals surface area contributed by atoms with Gasteiger partial charge in [-0.1, -0.05) is 248 Å². The maximum atomic E-state index is 13.3. The fourth-order valence-corrected chi connectivity index (χ4v) is 10.3. The first kappa shape index (κ1) is 72.8. The third kappa shape index (κ3) is 35.4. The maximum Gasteiger partial charge on any atom is 0.220 e. The molecule has 2 aliphatic heterocycles. The van der Waals surface area contributed by atoms with Gasteiger partial charge in [0.2, 0.25) is 5.91 Å². The van der Waals surface area contributed by atoms with Gasteiger partial charge in [-0.05, 0) is 57.8 Å². The van der Waals surface area contributed by atoms with Gasteiger partial charge >= 0.3 is 0 Å². The van der Waals surface area contributed by atoms with E-state index in [1.165, 1.54) is 161 Å². The number of nitrogens with one attached hydrogen (secondary N) is 1. The minimum atomic E-state index is -1.79. The van der Waals surface area contributed by atoms with Gasteiger partial charge in [0, 0.05) is 6.42 Å². The first-order chi connectivity index (χ1) is 38.6. The summed E-state index contributed by atoms with van der Waals surface area (Å²) in [6.07, 6.45) is 48.6. The van der Waals surface area contributed by atoms with Gasteiger partial charge in [-0.2, -0.15) is 0 Å². The van der Waals surface area contributed by atoms with Gasteiger partial charge in [-0.15, -0.1) is 0 Å². The van der Waals surface area contributed by atoms with E-state index in [0.29, 0.717) is 6.42 Å². The fraction of sp³-hybridized carbons (Fsp3) is 0.831. The quantitative estimate of drug-likeness (QED) is 0.0204. The number of aliphatic hydroxyl groups excluding tert-OH is 8. The Labute approximate surface area is 479 Å². The van der Waals surface area contributed by atoms with Gasteiger partial charge in [0.1, 0.15) is 48.8 Å². The number of amides is 1. The van der Waals surface area contributed by atoms with Crippen molar-refractivity contribution in [3.8, 4) is 0 Å². The molecule has 0 aromatic rings. The van der Waals surface area contributed by atoms with Crippen LogP contribution in [0.25, 0.3) is 0 Å². The van der Waals surface area contributed by atoms with Crippen LogP contribution in [-0.4, -0.2) is 140 Å². The van der Waals surface area contributed by atoms with Gasteiger partial charge in [-0.25, -0.2) is 0 Å². The van der Waals surface area contributed by atoms with Gasteiger partial charge < -0.3 is 65.1 Å². The summed E-state index contributed by atoms with van der Waals surface area (Å²) in [5.74, 6) is -0.238. The summed E-state index contributed by atoms with van der Waals surface area (Å²) in [5, 5.41) is 87.0. The summed E-state index contributed by atoms with van der Waals surface area (Å²) in [5.41, 5.74) is 0. The molecule has 0 bridgehead atoms. The number of hydrogen-bond donors (Lipinski definition) is 9. The smallest absolute Gasteiger partial charge is 0.220 e. The van der Waals surface area contributed by atoms with Crippen molar-refractivity contribution in [3.05, 3.63) is 60.8 Å². The van der Waals surface area contributed by atoms with E-state index in [2.05, 4.69) is 67.8 Å². The molecular weight excluding hydrogens is 1000 g/mol. The molecule has 0 radical (unpaired) electrons. The Morgan fingerprint density at radius 2 is 0.873 bits per heavy atom. The highest BCUT2D eigenvalue weighted by Gasteiger charge is 2.51. The first-order valence-electron chi connectivity index (χ1n) is 32.0. The lowest BCUT2D eigenvalue weighted by atomic mass is 9.97. The number of rotatable bonds is 51. The Hall–Kier alpha value is -2.31. The SMILES string of the molecule is CC/C=C\C/C=C\C/C=C\C/C=C\CCCCCCCCCCCCCCCCCCCCCCC(=O)NC(COC1OC(CO)C(OC2OC(CO)C(O)C(O)C2O)C(O)C1O)C(O)/C=C/CCCCCCCCCCCC. The highest BCUT2D eigenvalue weighted by atomic mass is 16.7. The molecule has 1 amide bonds. The Bertz CT molecular complexity index is 1560. The number of allylic oxidation sites excluding steroid dienone is 9. The highest BCUT2D eigenvalue weighted by Crippen LogP contribution is 2.30. The second-order valence-electron chi connectivity index (χ2n) is 22.5. The fourth-order valence-electron chi connectivity index (χ4n) is 10.3. The van der Waals surface area contributed by atoms with Crippen LogP contribution in [0.2, 0.25) is 0 Å². The van der Waals surface area contributed by atoms with Gasteiger partial charge in [0.15, 0.2) is 12.6 Å². The first-order valence-corrected chi connectivity index (χ1v) is 32.0. The Balaban J connectivity index is 1.62. The van der Waals surface area contributed by atoms with Crippen molar-refractivity contribution < 1.29 is 64.6 Å². The van der Waals surface area contributed by atoms with Crippen LogP contribution >= 0.6 is 0 Å². The largest absolute Gasteiger partial charge is 0.394 e. The van der Waals surface area contributed by atoms with E-state index in [0.717, 1.165) is 64.2 Å². The van der Waals surface area contributed by atoms with Crippen molar-refractivity contribution in [1.82, 2.24) is 5.32 Å². The second kappa shape index (κ2) is 50.2. The van der Waals surface area contributed by atoms with Crippen LogP contribution in [0.5, 0.6) is 0 Å². The lowest BCUT2D eigenvalue weighted by Crippen LogP contribution is -2.65. The number of hydrogen-bond acceptors (Lipinski definition) is 13. The van der Waals surface area contributed by atoms with Gasteiger partial charge in [0.25, 0.3) is 0 Å². The number of unbranched alkanes of at least 4 members (excludes halogenated alkanes) is 30. The zero-order valence-corrected chi connectivity index (χ0v) is 49.6. The molecule has 0 aliphatic carbocycles. The molecule has 0 aromatic heterocycles. The normalized spacial score (nSPS) is 24.8. The molecule has 460 valence electrons. The molecule has 2 aliphatic rings. The minimum absolute atomic E-state index is 0.238. The highest BCUT2D eigenvalue weighted by molar-refractivity contribution is 5.76. The number of ether oxygens (including phenoxy) is 4. The average molecular weight is 1120 g/mol. The van der Waals surface area contributed by atoms with Crippen molar-refractivity contribution >= 4 is 5.91 Å². The molecule has 0 aromatic carbocycles. The van der Waals surface area contributed by atoms with Crippen LogP contribution in [0, 0.1) is 0 Å². The second-order valence-corrected chi connectivity index (χ2v) is 22.5. The van der Waals surface area contributed by atoms with E-state index in [4.69, 9.17) is 18.9 Å². The van der Waals surface area contributed by atoms with Crippen LogP contribution in [0.15, 0.2) is 60.8 Å². The van der Waals surface area contributed by atoms with Crippen LogP contribution in [0.4, 0.5) is 0 Å².